The van der Waals surface area contributed by atoms with Crippen LogP contribution in [-0.4, -0.2) is 36.2 Å². The maximum atomic E-state index is 12.3. The highest BCUT2D eigenvalue weighted by Gasteiger charge is 2.23. The number of urea groups is 1. The lowest BCUT2D eigenvalue weighted by atomic mass is 10.1. The first-order valence-corrected chi connectivity index (χ1v) is 7.79. The van der Waals surface area contributed by atoms with E-state index in [0.29, 0.717) is 17.8 Å². The predicted octanol–water partition coefficient (Wildman–Crippen LogP) is 2.04. The van der Waals surface area contributed by atoms with Crippen molar-refractivity contribution >= 4 is 17.9 Å². The minimum absolute atomic E-state index is 0.148. The number of carbonyl (C=O) groups is 3. The maximum absolute atomic E-state index is 12.3. The van der Waals surface area contributed by atoms with Gasteiger partial charge in [-0.2, -0.15) is 0 Å². The molecule has 1 heterocycles. The van der Waals surface area contributed by atoms with Crippen LogP contribution in [-0.2, 0) is 9.53 Å². The van der Waals surface area contributed by atoms with Gasteiger partial charge in [0, 0.05) is 12.1 Å². The van der Waals surface area contributed by atoms with Crippen LogP contribution in [0.15, 0.2) is 34.9 Å². The molecule has 132 valence electrons. The van der Waals surface area contributed by atoms with Gasteiger partial charge in [-0.1, -0.05) is 42.4 Å². The van der Waals surface area contributed by atoms with Gasteiger partial charge in [-0.15, -0.1) is 0 Å². The molecule has 0 saturated heterocycles. The van der Waals surface area contributed by atoms with Crippen molar-refractivity contribution in [1.29, 1.82) is 0 Å². The number of imide groups is 1. The molecule has 2 aromatic rings. The molecule has 0 atom stereocenters. The fourth-order valence-electron chi connectivity index (χ4n) is 2.05. The van der Waals surface area contributed by atoms with E-state index in [1.54, 1.807) is 31.2 Å². The third kappa shape index (κ3) is 4.90. The Morgan fingerprint density at radius 2 is 1.92 bits per heavy atom. The molecule has 0 bridgehead atoms. The van der Waals surface area contributed by atoms with Crippen LogP contribution in [0.4, 0.5) is 4.79 Å². The number of esters is 1. The quantitative estimate of drug-likeness (QED) is 0.775. The van der Waals surface area contributed by atoms with E-state index >= 15 is 0 Å². The highest BCUT2D eigenvalue weighted by Crippen LogP contribution is 2.25. The smallest absolute Gasteiger partial charge is 0.344 e. The van der Waals surface area contributed by atoms with Gasteiger partial charge in [0.15, 0.2) is 6.61 Å². The van der Waals surface area contributed by atoms with Crippen LogP contribution in [0.5, 0.6) is 0 Å². The fraction of sp³-hybridized carbons (Fsp3) is 0.294. The Hall–Kier alpha value is -3.16. The van der Waals surface area contributed by atoms with E-state index in [1.165, 1.54) is 0 Å². The van der Waals surface area contributed by atoms with Gasteiger partial charge >= 0.3 is 12.0 Å². The van der Waals surface area contributed by atoms with Crippen molar-refractivity contribution in [3.8, 4) is 11.3 Å². The summed E-state index contributed by atoms with van der Waals surface area (Å²) >= 11 is 0. The first-order valence-electron chi connectivity index (χ1n) is 7.79. The monoisotopic (exact) mass is 345 g/mol. The Bertz CT molecular complexity index is 755. The molecule has 1 aromatic carbocycles. The molecule has 25 heavy (non-hydrogen) atoms. The summed E-state index contributed by atoms with van der Waals surface area (Å²) in [5, 5.41) is 8.43. The molecule has 3 amide bonds. The highest BCUT2D eigenvalue weighted by atomic mass is 16.5. The van der Waals surface area contributed by atoms with E-state index < -0.39 is 24.5 Å². The second-order valence-corrected chi connectivity index (χ2v) is 5.21. The molecule has 1 aromatic heterocycles. The molecule has 0 unspecified atom stereocenters. The standard InChI is InChI=1S/C17H19N3O5/c1-3-9-18-17(23)19-13(21)10-24-16(22)14-11(2)25-20-15(14)12-7-5-4-6-8-12/h4-8H,3,9-10H2,1-2H3,(H2,18,19,21,23). The molecular weight excluding hydrogens is 326 g/mol. The topological polar surface area (TPSA) is 111 Å². The van der Waals surface area contributed by atoms with Crippen molar-refractivity contribution in [2.75, 3.05) is 13.2 Å². The first kappa shape index (κ1) is 18.2. The Morgan fingerprint density at radius 1 is 1.20 bits per heavy atom. The summed E-state index contributed by atoms with van der Waals surface area (Å²) in [6, 6.07) is 8.36. The average molecular weight is 345 g/mol. The number of nitrogens with zero attached hydrogens (tertiary/aromatic N) is 1. The number of benzene rings is 1. The van der Waals surface area contributed by atoms with E-state index in [4.69, 9.17) is 9.26 Å². The summed E-state index contributed by atoms with van der Waals surface area (Å²) in [4.78, 5) is 35.3. The summed E-state index contributed by atoms with van der Waals surface area (Å²) < 4.78 is 10.0. The van der Waals surface area contributed by atoms with Crippen LogP contribution in [0.2, 0.25) is 0 Å². The summed E-state index contributed by atoms with van der Waals surface area (Å²) in [5.41, 5.74) is 1.17. The van der Waals surface area contributed by atoms with Gasteiger partial charge < -0.3 is 14.6 Å². The number of ether oxygens (including phenoxy) is 1. The Morgan fingerprint density at radius 3 is 2.60 bits per heavy atom. The van der Waals surface area contributed by atoms with Gasteiger partial charge in [0.2, 0.25) is 0 Å². The summed E-state index contributed by atoms with van der Waals surface area (Å²) in [6.07, 6.45) is 0.742. The van der Waals surface area contributed by atoms with Crippen LogP contribution >= 0.6 is 0 Å². The molecule has 2 rings (SSSR count). The van der Waals surface area contributed by atoms with Crippen LogP contribution in [0.25, 0.3) is 11.3 Å². The Labute approximate surface area is 144 Å². The molecule has 0 radical (unpaired) electrons. The molecule has 0 aliphatic carbocycles. The van der Waals surface area contributed by atoms with Crippen molar-refractivity contribution in [1.82, 2.24) is 15.8 Å². The third-order valence-electron chi connectivity index (χ3n) is 3.24. The van der Waals surface area contributed by atoms with Crippen molar-refractivity contribution in [3.63, 3.8) is 0 Å². The van der Waals surface area contributed by atoms with Crippen molar-refractivity contribution in [2.45, 2.75) is 20.3 Å². The van der Waals surface area contributed by atoms with Gasteiger partial charge in [0.25, 0.3) is 5.91 Å². The minimum Gasteiger partial charge on any atom is -0.452 e. The Balaban J connectivity index is 1.99. The predicted molar refractivity (Wildman–Crippen MR) is 88.8 cm³/mol. The largest absolute Gasteiger partial charge is 0.452 e. The zero-order valence-corrected chi connectivity index (χ0v) is 14.0. The van der Waals surface area contributed by atoms with E-state index in [2.05, 4.69) is 15.8 Å². The third-order valence-corrected chi connectivity index (χ3v) is 3.24. The number of rotatable bonds is 6. The second-order valence-electron chi connectivity index (χ2n) is 5.21. The molecule has 8 heteroatoms. The summed E-state index contributed by atoms with van der Waals surface area (Å²) in [7, 11) is 0. The zero-order valence-electron chi connectivity index (χ0n) is 14.0. The molecule has 0 fully saturated rings. The van der Waals surface area contributed by atoms with Crippen LogP contribution < -0.4 is 10.6 Å². The van der Waals surface area contributed by atoms with Crippen LogP contribution in [0.3, 0.4) is 0 Å². The van der Waals surface area contributed by atoms with Gasteiger partial charge in [-0.3, -0.25) is 10.1 Å². The number of amides is 3. The normalized spacial score (nSPS) is 10.2. The zero-order chi connectivity index (χ0) is 18.2. The van der Waals surface area contributed by atoms with E-state index in [0.717, 1.165) is 6.42 Å². The lowest BCUT2D eigenvalue weighted by molar-refractivity contribution is -0.123. The number of carbonyl (C=O) groups excluding carboxylic acids is 3. The van der Waals surface area contributed by atoms with Gasteiger partial charge in [-0.05, 0) is 13.3 Å². The number of aryl methyl sites for hydroxylation is 1. The number of hydrogen-bond donors (Lipinski definition) is 2. The lowest BCUT2D eigenvalue weighted by Crippen LogP contribution is -2.41. The van der Waals surface area contributed by atoms with E-state index in [-0.39, 0.29) is 11.3 Å². The minimum atomic E-state index is -0.748. The Kier molecular flexibility index (Phi) is 6.27. The van der Waals surface area contributed by atoms with Crippen LogP contribution in [0, 0.1) is 6.92 Å². The van der Waals surface area contributed by atoms with Crippen molar-refractivity contribution in [2.24, 2.45) is 0 Å². The van der Waals surface area contributed by atoms with Crippen molar-refractivity contribution in [3.05, 3.63) is 41.7 Å². The fourth-order valence-corrected chi connectivity index (χ4v) is 2.05. The molecule has 0 aliphatic rings. The molecule has 0 aliphatic heterocycles. The van der Waals surface area contributed by atoms with Gasteiger partial charge in [-0.25, -0.2) is 9.59 Å². The first-order chi connectivity index (χ1) is 12.0. The summed E-state index contributed by atoms with van der Waals surface area (Å²) in [6.45, 7) is 3.32. The molecule has 0 saturated carbocycles. The molecule has 2 N–H and O–H groups in total. The van der Waals surface area contributed by atoms with E-state index in [9.17, 15) is 14.4 Å². The maximum Gasteiger partial charge on any atom is 0.344 e. The highest BCUT2D eigenvalue weighted by molar-refractivity contribution is 5.99. The number of aromatic nitrogens is 1. The van der Waals surface area contributed by atoms with Gasteiger partial charge in [0.05, 0.1) is 0 Å². The lowest BCUT2D eigenvalue weighted by Gasteiger charge is -2.07. The number of nitrogens with one attached hydrogen (secondary N) is 2. The van der Waals surface area contributed by atoms with E-state index in [1.807, 2.05) is 13.0 Å². The summed E-state index contributed by atoms with van der Waals surface area (Å²) in [5.74, 6) is -1.19. The van der Waals surface area contributed by atoms with Crippen molar-refractivity contribution < 1.29 is 23.6 Å². The molecule has 0 spiro atoms. The second kappa shape index (κ2) is 8.62. The van der Waals surface area contributed by atoms with Gasteiger partial charge in [0.1, 0.15) is 17.0 Å². The molecule has 8 nitrogen and oxygen atoms in total. The molecular formula is C17H19N3O5. The number of hydrogen-bond acceptors (Lipinski definition) is 6. The SMILES string of the molecule is CCCNC(=O)NC(=O)COC(=O)c1c(-c2ccccc2)noc1C. The van der Waals surface area contributed by atoms with Crippen LogP contribution in [0.1, 0.15) is 29.5 Å². The average Bonchev–Trinajstić information content (AvgIpc) is 3.00.